The van der Waals surface area contributed by atoms with Crippen molar-refractivity contribution in [3.05, 3.63) is 66.2 Å². The molecule has 2 fully saturated rings. The molecule has 1 aliphatic heterocycles. The highest BCUT2D eigenvalue weighted by molar-refractivity contribution is 6.08. The molecule has 7 heteroatoms. The van der Waals surface area contributed by atoms with Gasteiger partial charge < -0.3 is 10.6 Å². The van der Waals surface area contributed by atoms with Crippen LogP contribution in [0.5, 0.6) is 0 Å². The number of carbonyl (C=O) groups is 3. The predicted molar refractivity (Wildman–Crippen MR) is 126 cm³/mol. The highest BCUT2D eigenvalue weighted by Crippen LogP contribution is 2.35. The Bertz CT molecular complexity index is 1220. The van der Waals surface area contributed by atoms with E-state index in [0.717, 1.165) is 35.0 Å². The zero-order valence-electron chi connectivity index (χ0n) is 18.3. The summed E-state index contributed by atoms with van der Waals surface area (Å²) in [5, 5.41) is 6.62. The maximum absolute atomic E-state index is 13.1. The molecule has 2 aromatic carbocycles. The Morgan fingerprint density at radius 2 is 1.76 bits per heavy atom. The van der Waals surface area contributed by atoms with Gasteiger partial charge in [0.15, 0.2) is 0 Å². The summed E-state index contributed by atoms with van der Waals surface area (Å²) in [6.45, 7) is 0.652. The van der Waals surface area contributed by atoms with Gasteiger partial charge in [-0.15, -0.1) is 0 Å². The molecule has 7 nitrogen and oxygen atoms in total. The Balaban J connectivity index is 1.27. The summed E-state index contributed by atoms with van der Waals surface area (Å²) >= 11 is 0. The Hall–Kier alpha value is -3.74. The van der Waals surface area contributed by atoms with E-state index in [1.54, 1.807) is 0 Å². The number of hydrogen-bond donors (Lipinski definition) is 2. The minimum atomic E-state index is -0.690. The molecular formula is C26H26N4O3. The first kappa shape index (κ1) is 21.1. The lowest BCUT2D eigenvalue weighted by atomic mass is 9.98. The summed E-state index contributed by atoms with van der Waals surface area (Å²) in [5.41, 5.74) is 2.30. The van der Waals surface area contributed by atoms with E-state index in [9.17, 15) is 14.4 Å². The van der Waals surface area contributed by atoms with Crippen LogP contribution in [0.3, 0.4) is 0 Å². The first-order chi connectivity index (χ1) is 16.1. The van der Waals surface area contributed by atoms with Crippen molar-refractivity contribution < 1.29 is 14.4 Å². The molecule has 1 aliphatic carbocycles. The van der Waals surface area contributed by atoms with Gasteiger partial charge in [0.25, 0.3) is 11.8 Å². The van der Waals surface area contributed by atoms with Crippen LogP contribution in [0.15, 0.2) is 60.7 Å². The molecule has 2 heterocycles. The summed E-state index contributed by atoms with van der Waals surface area (Å²) in [6, 6.07) is 18.8. The van der Waals surface area contributed by atoms with Gasteiger partial charge in [0.1, 0.15) is 5.54 Å². The molecule has 1 saturated heterocycles. The quantitative estimate of drug-likeness (QED) is 0.448. The van der Waals surface area contributed by atoms with Crippen molar-refractivity contribution in [3.8, 4) is 11.3 Å². The van der Waals surface area contributed by atoms with E-state index >= 15 is 0 Å². The molecule has 5 rings (SSSR count). The van der Waals surface area contributed by atoms with Crippen LogP contribution in [0.4, 0.5) is 4.79 Å². The molecular weight excluding hydrogens is 416 g/mol. The number of carbonyl (C=O) groups excluding carboxylic acids is 3. The minimum Gasteiger partial charge on any atom is -0.352 e. The molecule has 1 saturated carbocycles. The van der Waals surface area contributed by atoms with Crippen LogP contribution in [0.1, 0.15) is 42.5 Å². The normalized spacial score (nSPS) is 17.0. The molecule has 1 aromatic heterocycles. The molecule has 4 amide bonds. The summed E-state index contributed by atoms with van der Waals surface area (Å²) < 4.78 is 0. The Kier molecular flexibility index (Phi) is 5.54. The average molecular weight is 443 g/mol. The van der Waals surface area contributed by atoms with E-state index in [4.69, 9.17) is 4.98 Å². The van der Waals surface area contributed by atoms with Gasteiger partial charge >= 0.3 is 6.03 Å². The van der Waals surface area contributed by atoms with Crippen molar-refractivity contribution in [1.29, 1.82) is 0 Å². The number of nitrogens with zero attached hydrogens (tertiary/aromatic N) is 2. The highest BCUT2D eigenvalue weighted by atomic mass is 16.2. The van der Waals surface area contributed by atoms with E-state index in [1.165, 1.54) is 4.90 Å². The first-order valence-electron chi connectivity index (χ1n) is 11.4. The predicted octanol–water partition coefficient (Wildman–Crippen LogP) is 3.89. The van der Waals surface area contributed by atoms with Crippen LogP contribution in [-0.4, -0.2) is 46.4 Å². The molecule has 2 N–H and O–H groups in total. The van der Waals surface area contributed by atoms with E-state index in [2.05, 4.69) is 10.6 Å². The number of fused-ring (bicyclic) bond motifs is 1. The van der Waals surface area contributed by atoms with Crippen LogP contribution >= 0.6 is 0 Å². The first-order valence-corrected chi connectivity index (χ1v) is 11.4. The van der Waals surface area contributed by atoms with Crippen molar-refractivity contribution in [3.63, 3.8) is 0 Å². The maximum Gasteiger partial charge on any atom is 0.325 e. The van der Waals surface area contributed by atoms with Gasteiger partial charge in [-0.25, -0.2) is 9.78 Å². The van der Waals surface area contributed by atoms with Crippen molar-refractivity contribution in [2.45, 2.75) is 37.6 Å². The molecule has 3 aromatic rings. The number of imide groups is 1. The van der Waals surface area contributed by atoms with Gasteiger partial charge in [-0.2, -0.15) is 0 Å². The fourth-order valence-corrected chi connectivity index (χ4v) is 4.85. The minimum absolute atomic E-state index is 0.121. The lowest BCUT2D eigenvalue weighted by molar-refractivity contribution is -0.131. The standard InChI is InChI=1S/C26H26N4O3/c31-23(27-15-8-16-30-24(32)26(29-25(30)33)13-6-7-14-26)20-17-22(18-9-2-1-3-10-18)28-21-12-5-4-11-19(20)21/h1-5,9-12,17H,6-8,13-16H2,(H,27,31)(H,29,33). The number of para-hydroxylation sites is 1. The van der Waals surface area contributed by atoms with E-state index in [0.29, 0.717) is 37.9 Å². The highest BCUT2D eigenvalue weighted by Gasteiger charge is 2.51. The van der Waals surface area contributed by atoms with Crippen molar-refractivity contribution in [1.82, 2.24) is 20.5 Å². The number of hydrogen-bond acceptors (Lipinski definition) is 4. The van der Waals surface area contributed by atoms with Gasteiger partial charge in [0, 0.05) is 24.0 Å². The second kappa shape index (κ2) is 8.65. The molecule has 2 aliphatic rings. The Morgan fingerprint density at radius 3 is 2.55 bits per heavy atom. The number of aromatic nitrogens is 1. The summed E-state index contributed by atoms with van der Waals surface area (Å²) in [6.07, 6.45) is 3.84. The number of urea groups is 1. The molecule has 0 unspecified atom stereocenters. The second-order valence-electron chi connectivity index (χ2n) is 8.72. The molecule has 0 bridgehead atoms. The Morgan fingerprint density at radius 1 is 1.03 bits per heavy atom. The Labute approximate surface area is 192 Å². The van der Waals surface area contributed by atoms with Gasteiger partial charge in [-0.05, 0) is 31.4 Å². The topological polar surface area (TPSA) is 91.4 Å². The average Bonchev–Trinajstić information content (AvgIpc) is 3.41. The fourth-order valence-electron chi connectivity index (χ4n) is 4.85. The third-order valence-corrected chi connectivity index (χ3v) is 6.58. The SMILES string of the molecule is O=C(NCCCN1C(=O)NC2(CCCC2)C1=O)c1cc(-c2ccccc2)nc2ccccc12. The number of amides is 4. The van der Waals surface area contributed by atoms with Crippen LogP contribution in [0, 0.1) is 0 Å². The number of nitrogens with one attached hydrogen (secondary N) is 2. The molecule has 168 valence electrons. The molecule has 33 heavy (non-hydrogen) atoms. The summed E-state index contributed by atoms with van der Waals surface area (Å²) in [7, 11) is 0. The summed E-state index contributed by atoms with van der Waals surface area (Å²) in [4.78, 5) is 44.2. The van der Waals surface area contributed by atoms with Crippen molar-refractivity contribution >= 4 is 28.7 Å². The van der Waals surface area contributed by atoms with Gasteiger partial charge in [0.2, 0.25) is 0 Å². The van der Waals surface area contributed by atoms with Gasteiger partial charge in [0.05, 0.1) is 16.8 Å². The third kappa shape index (κ3) is 3.95. The third-order valence-electron chi connectivity index (χ3n) is 6.58. The maximum atomic E-state index is 13.1. The number of pyridine rings is 1. The van der Waals surface area contributed by atoms with Gasteiger partial charge in [-0.3, -0.25) is 14.5 Å². The van der Waals surface area contributed by atoms with Crippen LogP contribution in [0.25, 0.3) is 22.2 Å². The molecule has 1 spiro atoms. The van der Waals surface area contributed by atoms with E-state index in [-0.39, 0.29) is 17.8 Å². The lowest BCUT2D eigenvalue weighted by Crippen LogP contribution is -2.44. The van der Waals surface area contributed by atoms with Crippen LogP contribution in [0.2, 0.25) is 0 Å². The molecule has 0 atom stereocenters. The monoisotopic (exact) mass is 442 g/mol. The van der Waals surface area contributed by atoms with E-state index < -0.39 is 5.54 Å². The summed E-state index contributed by atoms with van der Waals surface area (Å²) in [5.74, 6) is -0.320. The number of benzene rings is 2. The van der Waals surface area contributed by atoms with Crippen LogP contribution < -0.4 is 10.6 Å². The number of rotatable bonds is 6. The van der Waals surface area contributed by atoms with Gasteiger partial charge in [-0.1, -0.05) is 61.4 Å². The largest absolute Gasteiger partial charge is 0.352 e. The van der Waals surface area contributed by atoms with Crippen molar-refractivity contribution in [2.24, 2.45) is 0 Å². The zero-order valence-corrected chi connectivity index (χ0v) is 18.3. The fraction of sp³-hybridized carbons (Fsp3) is 0.308. The lowest BCUT2D eigenvalue weighted by Gasteiger charge is -2.20. The van der Waals surface area contributed by atoms with Crippen LogP contribution in [-0.2, 0) is 4.79 Å². The molecule has 0 radical (unpaired) electrons. The van der Waals surface area contributed by atoms with E-state index in [1.807, 2.05) is 60.7 Å². The smallest absolute Gasteiger partial charge is 0.325 e. The van der Waals surface area contributed by atoms with Crippen molar-refractivity contribution in [2.75, 3.05) is 13.1 Å². The zero-order chi connectivity index (χ0) is 22.8. The second-order valence-corrected chi connectivity index (χ2v) is 8.72.